The van der Waals surface area contributed by atoms with E-state index in [1.165, 1.54) is 12.1 Å². The van der Waals surface area contributed by atoms with Crippen LogP contribution >= 0.6 is 23.2 Å². The third kappa shape index (κ3) is 3.99. The molecule has 0 bridgehead atoms. The first-order chi connectivity index (χ1) is 10.4. The fourth-order valence-corrected chi connectivity index (χ4v) is 3.40. The van der Waals surface area contributed by atoms with Crippen LogP contribution in [0.15, 0.2) is 47.4 Å². The van der Waals surface area contributed by atoms with Crippen LogP contribution in [-0.4, -0.2) is 15.0 Å². The molecule has 2 rings (SSSR count). The molecule has 22 heavy (non-hydrogen) atoms. The Morgan fingerprint density at radius 1 is 1.09 bits per heavy atom. The van der Waals surface area contributed by atoms with Crippen LogP contribution in [0.5, 0.6) is 0 Å². The quantitative estimate of drug-likeness (QED) is 0.894. The Labute approximate surface area is 139 Å². The van der Waals surface area contributed by atoms with Crippen LogP contribution in [0.25, 0.3) is 0 Å². The van der Waals surface area contributed by atoms with E-state index in [9.17, 15) is 8.42 Å². The van der Waals surface area contributed by atoms with Crippen molar-refractivity contribution in [2.45, 2.75) is 11.3 Å². The molecule has 114 valence electrons. The number of halogens is 2. The second-order valence-corrected chi connectivity index (χ2v) is 7.05. The molecule has 0 heterocycles. The Morgan fingerprint density at radius 2 is 1.82 bits per heavy atom. The van der Waals surface area contributed by atoms with Crippen LogP contribution in [0.2, 0.25) is 10.0 Å². The van der Waals surface area contributed by atoms with Gasteiger partial charge >= 0.3 is 0 Å². The molecule has 0 radical (unpaired) electrons. The van der Waals surface area contributed by atoms with E-state index in [0.717, 1.165) is 5.56 Å². The number of sulfonamides is 1. The fraction of sp³-hybridized carbons (Fsp3) is 0.133. The Balaban J connectivity index is 2.07. The molecule has 2 aromatic carbocycles. The molecule has 4 nitrogen and oxygen atoms in total. The lowest BCUT2D eigenvalue weighted by Gasteiger charge is -2.08. The molecule has 7 heteroatoms. The lowest BCUT2D eigenvalue weighted by Crippen LogP contribution is -2.26. The third-order valence-corrected chi connectivity index (χ3v) is 5.25. The summed E-state index contributed by atoms with van der Waals surface area (Å²) >= 11 is 11.7. The molecule has 0 fully saturated rings. The topological polar surface area (TPSA) is 70.0 Å². The van der Waals surface area contributed by atoms with E-state index in [4.69, 9.17) is 28.5 Å². The zero-order chi connectivity index (χ0) is 16.2. The van der Waals surface area contributed by atoms with Crippen LogP contribution in [0, 0.1) is 11.3 Å². The fourth-order valence-electron chi connectivity index (χ4n) is 1.90. The van der Waals surface area contributed by atoms with Crippen molar-refractivity contribution in [2.24, 2.45) is 0 Å². The first kappa shape index (κ1) is 16.8. The van der Waals surface area contributed by atoms with E-state index < -0.39 is 10.0 Å². The van der Waals surface area contributed by atoms with Crippen molar-refractivity contribution in [1.29, 1.82) is 5.26 Å². The highest BCUT2D eigenvalue weighted by atomic mass is 35.5. The van der Waals surface area contributed by atoms with Gasteiger partial charge in [0.25, 0.3) is 0 Å². The van der Waals surface area contributed by atoms with Crippen molar-refractivity contribution >= 4 is 33.2 Å². The van der Waals surface area contributed by atoms with Gasteiger partial charge in [-0.3, -0.25) is 0 Å². The number of nitriles is 1. The minimum Gasteiger partial charge on any atom is -0.211 e. The van der Waals surface area contributed by atoms with Gasteiger partial charge in [-0.25, -0.2) is 13.1 Å². The predicted molar refractivity (Wildman–Crippen MR) is 86.5 cm³/mol. The van der Waals surface area contributed by atoms with Crippen LogP contribution in [0.1, 0.15) is 11.1 Å². The Kier molecular flexibility index (Phi) is 5.43. The summed E-state index contributed by atoms with van der Waals surface area (Å²) in [6.07, 6.45) is 0.463. The molecular weight excluding hydrogens is 343 g/mol. The molecule has 0 aliphatic carbocycles. The lowest BCUT2D eigenvalue weighted by atomic mass is 10.1. The SMILES string of the molecule is N#Cc1ccccc1S(=O)(=O)NCCc1ccc(Cl)c(Cl)c1. The smallest absolute Gasteiger partial charge is 0.211 e. The molecule has 0 unspecified atom stereocenters. The molecule has 0 aromatic heterocycles. The van der Waals surface area contributed by atoms with Crippen LogP contribution < -0.4 is 4.72 Å². The van der Waals surface area contributed by atoms with E-state index in [1.54, 1.807) is 30.3 Å². The number of nitrogens with one attached hydrogen (secondary N) is 1. The standard InChI is InChI=1S/C15H12Cl2N2O2S/c16-13-6-5-11(9-14(13)17)7-8-19-22(20,21)15-4-2-1-3-12(15)10-18/h1-6,9,19H,7-8H2. The molecule has 0 saturated carbocycles. The monoisotopic (exact) mass is 354 g/mol. The zero-order valence-electron chi connectivity index (χ0n) is 11.4. The van der Waals surface area contributed by atoms with Gasteiger partial charge in [0.1, 0.15) is 6.07 Å². The first-order valence-corrected chi connectivity index (χ1v) is 8.60. The van der Waals surface area contributed by atoms with Crippen molar-refractivity contribution < 1.29 is 8.42 Å². The van der Waals surface area contributed by atoms with Gasteiger partial charge in [0.05, 0.1) is 20.5 Å². The Morgan fingerprint density at radius 3 is 2.50 bits per heavy atom. The maximum Gasteiger partial charge on any atom is 0.241 e. The normalized spacial score (nSPS) is 11.1. The molecule has 0 saturated heterocycles. The Bertz CT molecular complexity index is 830. The average molecular weight is 355 g/mol. The predicted octanol–water partition coefficient (Wildman–Crippen LogP) is 3.39. The van der Waals surface area contributed by atoms with Crippen molar-refractivity contribution in [1.82, 2.24) is 4.72 Å². The molecule has 0 aliphatic heterocycles. The van der Waals surface area contributed by atoms with Gasteiger partial charge in [0.15, 0.2) is 0 Å². The van der Waals surface area contributed by atoms with Gasteiger partial charge in [0.2, 0.25) is 10.0 Å². The highest BCUT2D eigenvalue weighted by Crippen LogP contribution is 2.22. The average Bonchev–Trinajstić information content (AvgIpc) is 2.50. The number of rotatable bonds is 5. The number of hydrogen-bond acceptors (Lipinski definition) is 3. The summed E-state index contributed by atoms with van der Waals surface area (Å²) in [5.74, 6) is 0. The highest BCUT2D eigenvalue weighted by molar-refractivity contribution is 7.89. The maximum absolute atomic E-state index is 12.2. The lowest BCUT2D eigenvalue weighted by molar-refractivity contribution is 0.581. The van der Waals surface area contributed by atoms with Gasteiger partial charge < -0.3 is 0 Å². The minimum absolute atomic E-state index is 0.0216. The number of benzene rings is 2. The van der Waals surface area contributed by atoms with E-state index >= 15 is 0 Å². The minimum atomic E-state index is -3.72. The largest absolute Gasteiger partial charge is 0.241 e. The number of hydrogen-bond donors (Lipinski definition) is 1. The molecule has 0 atom stereocenters. The summed E-state index contributed by atoms with van der Waals surface area (Å²) in [4.78, 5) is -0.0216. The number of nitrogens with zero attached hydrogens (tertiary/aromatic N) is 1. The van der Waals surface area contributed by atoms with Crippen molar-refractivity contribution in [3.8, 4) is 6.07 Å². The Hall–Kier alpha value is -1.58. The molecular formula is C15H12Cl2N2O2S. The summed E-state index contributed by atoms with van der Waals surface area (Å²) in [6.45, 7) is 0.195. The van der Waals surface area contributed by atoms with E-state index in [1.807, 2.05) is 6.07 Å². The molecule has 2 aromatic rings. The van der Waals surface area contributed by atoms with Crippen LogP contribution in [0.3, 0.4) is 0 Å². The van der Waals surface area contributed by atoms with E-state index in [2.05, 4.69) is 4.72 Å². The van der Waals surface area contributed by atoms with Crippen molar-refractivity contribution in [3.05, 3.63) is 63.6 Å². The first-order valence-electron chi connectivity index (χ1n) is 6.37. The van der Waals surface area contributed by atoms with Crippen LogP contribution in [-0.2, 0) is 16.4 Å². The summed E-state index contributed by atoms with van der Waals surface area (Å²) < 4.78 is 26.9. The summed E-state index contributed by atoms with van der Waals surface area (Å²) in [5.41, 5.74) is 0.982. The van der Waals surface area contributed by atoms with Gasteiger partial charge in [0, 0.05) is 6.54 Å². The highest BCUT2D eigenvalue weighted by Gasteiger charge is 2.17. The van der Waals surface area contributed by atoms with Crippen LogP contribution in [0.4, 0.5) is 0 Å². The second kappa shape index (κ2) is 7.12. The van der Waals surface area contributed by atoms with Gasteiger partial charge in [-0.2, -0.15) is 5.26 Å². The molecule has 0 spiro atoms. The summed E-state index contributed by atoms with van der Waals surface area (Å²) in [6, 6.07) is 13.1. The third-order valence-electron chi connectivity index (χ3n) is 2.99. The van der Waals surface area contributed by atoms with Crippen molar-refractivity contribution in [2.75, 3.05) is 6.54 Å². The second-order valence-electron chi connectivity index (χ2n) is 4.50. The van der Waals surface area contributed by atoms with Gasteiger partial charge in [-0.15, -0.1) is 0 Å². The summed E-state index contributed by atoms with van der Waals surface area (Å²) in [7, 11) is -3.72. The van der Waals surface area contributed by atoms with Gasteiger partial charge in [-0.1, -0.05) is 41.4 Å². The molecule has 1 N–H and O–H groups in total. The molecule has 0 amide bonds. The molecule has 0 aliphatic rings. The van der Waals surface area contributed by atoms with Gasteiger partial charge in [-0.05, 0) is 36.2 Å². The zero-order valence-corrected chi connectivity index (χ0v) is 13.7. The summed E-state index contributed by atoms with van der Waals surface area (Å²) in [5, 5.41) is 9.85. The van der Waals surface area contributed by atoms with E-state index in [-0.39, 0.29) is 17.0 Å². The van der Waals surface area contributed by atoms with Crippen molar-refractivity contribution in [3.63, 3.8) is 0 Å². The maximum atomic E-state index is 12.2. The van der Waals surface area contributed by atoms with E-state index in [0.29, 0.717) is 16.5 Å².